The van der Waals surface area contributed by atoms with Crippen LogP contribution in [0, 0.1) is 0 Å². The first-order chi connectivity index (χ1) is 9.16. The molecule has 19 heavy (non-hydrogen) atoms. The lowest BCUT2D eigenvalue weighted by Gasteiger charge is -2.29. The highest BCUT2D eigenvalue weighted by atomic mass is 16.4. The summed E-state index contributed by atoms with van der Waals surface area (Å²) >= 11 is 0. The van der Waals surface area contributed by atoms with Gasteiger partial charge in [0.1, 0.15) is 0 Å². The summed E-state index contributed by atoms with van der Waals surface area (Å²) in [6.45, 7) is 0. The zero-order valence-electron chi connectivity index (χ0n) is 10.5. The van der Waals surface area contributed by atoms with E-state index in [4.69, 9.17) is 5.11 Å². The number of aromatic nitrogens is 2. The maximum atomic E-state index is 11.0. The van der Waals surface area contributed by atoms with E-state index in [1.54, 1.807) is 24.5 Å². The first kappa shape index (κ1) is 12.2. The summed E-state index contributed by atoms with van der Waals surface area (Å²) in [7, 11) is 0. The normalized spacial score (nSPS) is 23.6. The quantitative estimate of drug-likeness (QED) is 0.868. The Hall–Kier alpha value is -1.88. The fraction of sp³-hybridized carbons (Fsp3) is 0.429. The van der Waals surface area contributed by atoms with E-state index >= 15 is 0 Å². The molecule has 2 N–H and O–H groups in total. The fourth-order valence-corrected chi connectivity index (χ4v) is 2.84. The molecule has 0 saturated heterocycles. The van der Waals surface area contributed by atoms with Crippen LogP contribution in [-0.4, -0.2) is 31.8 Å². The summed E-state index contributed by atoms with van der Waals surface area (Å²) in [5.74, 6) is -0.946. The number of carboxylic acid groups (broad SMARTS) is 1. The smallest absolute Gasteiger partial charge is 0.335 e. The summed E-state index contributed by atoms with van der Waals surface area (Å²) in [5, 5.41) is 19.2. The van der Waals surface area contributed by atoms with Crippen LogP contribution < -0.4 is 0 Å². The lowest BCUT2D eigenvalue weighted by molar-refractivity contribution is 0.0697. The van der Waals surface area contributed by atoms with Crippen molar-refractivity contribution in [2.24, 2.45) is 0 Å². The average molecular weight is 260 g/mol. The van der Waals surface area contributed by atoms with Crippen LogP contribution in [-0.2, 0) is 0 Å². The van der Waals surface area contributed by atoms with Gasteiger partial charge in [-0.3, -0.25) is 0 Å². The van der Waals surface area contributed by atoms with Gasteiger partial charge in [-0.2, -0.15) is 0 Å². The predicted molar refractivity (Wildman–Crippen MR) is 70.2 cm³/mol. The Labute approximate surface area is 110 Å². The van der Waals surface area contributed by atoms with E-state index in [2.05, 4.69) is 4.98 Å². The van der Waals surface area contributed by atoms with E-state index in [1.165, 1.54) is 0 Å². The highest BCUT2D eigenvalue weighted by Crippen LogP contribution is 2.31. The van der Waals surface area contributed by atoms with Crippen LogP contribution in [0.2, 0.25) is 0 Å². The van der Waals surface area contributed by atoms with Crippen LogP contribution in [0.1, 0.15) is 42.1 Å². The number of rotatable bonds is 2. The molecule has 1 aliphatic carbocycles. The highest BCUT2D eigenvalue weighted by molar-refractivity contribution is 5.92. The second kappa shape index (κ2) is 4.66. The highest BCUT2D eigenvalue weighted by Gasteiger charge is 2.25. The molecule has 2 unspecified atom stereocenters. The number of aliphatic hydroxyl groups is 1. The van der Waals surface area contributed by atoms with Crippen LogP contribution in [0.4, 0.5) is 0 Å². The van der Waals surface area contributed by atoms with Crippen molar-refractivity contribution in [3.8, 4) is 0 Å². The van der Waals surface area contributed by atoms with Gasteiger partial charge in [-0.05, 0) is 31.0 Å². The summed E-state index contributed by atoms with van der Waals surface area (Å²) in [4.78, 5) is 15.3. The molecule has 5 nitrogen and oxygen atoms in total. The van der Waals surface area contributed by atoms with E-state index in [1.807, 2.05) is 4.57 Å². The molecular formula is C14H16N2O3. The van der Waals surface area contributed by atoms with Gasteiger partial charge in [0.15, 0.2) is 0 Å². The van der Waals surface area contributed by atoms with E-state index in [0.717, 1.165) is 36.7 Å². The molecule has 5 heteroatoms. The molecule has 3 rings (SSSR count). The maximum Gasteiger partial charge on any atom is 0.335 e. The molecule has 1 saturated carbocycles. The second-order valence-electron chi connectivity index (χ2n) is 5.08. The standard InChI is InChI=1S/C14H16N2O3/c17-13-4-2-1-3-11(13)16-8-15-10-6-5-9(14(18)19)7-12(10)16/h5-8,11,13,17H,1-4H2,(H,18,19). The summed E-state index contributed by atoms with van der Waals surface area (Å²) < 4.78 is 1.92. The van der Waals surface area contributed by atoms with Crippen LogP contribution >= 0.6 is 0 Å². The van der Waals surface area contributed by atoms with Gasteiger partial charge in [-0.15, -0.1) is 0 Å². The molecule has 0 radical (unpaired) electrons. The molecular weight excluding hydrogens is 244 g/mol. The number of benzene rings is 1. The Morgan fingerprint density at radius 1 is 1.32 bits per heavy atom. The molecule has 1 aliphatic rings. The SMILES string of the molecule is O=C(O)c1ccc2ncn(C3CCCCC3O)c2c1. The van der Waals surface area contributed by atoms with Crippen molar-refractivity contribution in [3.63, 3.8) is 0 Å². The van der Waals surface area contributed by atoms with E-state index in [-0.39, 0.29) is 17.7 Å². The molecule has 0 amide bonds. The molecule has 1 fully saturated rings. The fourth-order valence-electron chi connectivity index (χ4n) is 2.84. The number of hydrogen-bond donors (Lipinski definition) is 2. The topological polar surface area (TPSA) is 75.3 Å². The van der Waals surface area contributed by atoms with Crippen LogP contribution in [0.3, 0.4) is 0 Å². The first-order valence-electron chi connectivity index (χ1n) is 6.55. The summed E-state index contributed by atoms with van der Waals surface area (Å²) in [5.41, 5.74) is 1.80. The van der Waals surface area contributed by atoms with Crippen molar-refractivity contribution in [2.75, 3.05) is 0 Å². The van der Waals surface area contributed by atoms with Crippen molar-refractivity contribution in [1.29, 1.82) is 0 Å². The van der Waals surface area contributed by atoms with Crippen LogP contribution in [0.15, 0.2) is 24.5 Å². The third-order valence-electron chi connectivity index (χ3n) is 3.87. The second-order valence-corrected chi connectivity index (χ2v) is 5.08. The minimum Gasteiger partial charge on any atom is -0.478 e. The molecule has 0 bridgehead atoms. The van der Waals surface area contributed by atoms with Crippen LogP contribution in [0.25, 0.3) is 11.0 Å². The first-order valence-corrected chi connectivity index (χ1v) is 6.55. The third kappa shape index (κ3) is 2.10. The lowest BCUT2D eigenvalue weighted by atomic mass is 9.92. The van der Waals surface area contributed by atoms with Gasteiger partial charge in [0.2, 0.25) is 0 Å². The Kier molecular flexibility index (Phi) is 2.98. The zero-order chi connectivity index (χ0) is 13.4. The largest absolute Gasteiger partial charge is 0.478 e. The molecule has 1 aromatic heterocycles. The Bertz CT molecular complexity index is 620. The molecule has 1 heterocycles. The maximum absolute atomic E-state index is 11.0. The Balaban J connectivity index is 2.07. The Morgan fingerprint density at radius 3 is 2.84 bits per heavy atom. The van der Waals surface area contributed by atoms with Crippen molar-refractivity contribution in [2.45, 2.75) is 37.8 Å². The van der Waals surface area contributed by atoms with Gasteiger partial charge in [0, 0.05) is 0 Å². The minimum atomic E-state index is -0.946. The number of carbonyl (C=O) groups is 1. The van der Waals surface area contributed by atoms with E-state index in [9.17, 15) is 9.90 Å². The number of carboxylic acids is 1. The monoisotopic (exact) mass is 260 g/mol. The third-order valence-corrected chi connectivity index (χ3v) is 3.87. The summed E-state index contributed by atoms with van der Waals surface area (Å²) in [6, 6.07) is 4.90. The van der Waals surface area contributed by atoms with Gasteiger partial charge in [0.05, 0.1) is 35.1 Å². The van der Waals surface area contributed by atoms with E-state index < -0.39 is 5.97 Å². The van der Waals surface area contributed by atoms with Crippen molar-refractivity contribution in [3.05, 3.63) is 30.1 Å². The van der Waals surface area contributed by atoms with Gasteiger partial charge >= 0.3 is 5.97 Å². The Morgan fingerprint density at radius 2 is 2.11 bits per heavy atom. The number of nitrogens with zero attached hydrogens (tertiary/aromatic N) is 2. The molecule has 0 spiro atoms. The minimum absolute atomic E-state index is 0.00259. The lowest BCUT2D eigenvalue weighted by Crippen LogP contribution is -2.27. The molecule has 0 aliphatic heterocycles. The number of imidazole rings is 1. The van der Waals surface area contributed by atoms with Gasteiger partial charge < -0.3 is 14.8 Å². The molecule has 100 valence electrons. The van der Waals surface area contributed by atoms with Gasteiger partial charge in [-0.1, -0.05) is 12.8 Å². The zero-order valence-corrected chi connectivity index (χ0v) is 10.5. The van der Waals surface area contributed by atoms with Crippen molar-refractivity contribution >= 4 is 17.0 Å². The molecule has 1 aromatic carbocycles. The van der Waals surface area contributed by atoms with Gasteiger partial charge in [-0.25, -0.2) is 9.78 Å². The van der Waals surface area contributed by atoms with Crippen molar-refractivity contribution in [1.82, 2.24) is 9.55 Å². The number of aliphatic hydroxyl groups excluding tert-OH is 1. The average Bonchev–Trinajstić information content (AvgIpc) is 2.82. The number of fused-ring (bicyclic) bond motifs is 1. The molecule has 2 aromatic rings. The molecule has 2 atom stereocenters. The van der Waals surface area contributed by atoms with Crippen molar-refractivity contribution < 1.29 is 15.0 Å². The van der Waals surface area contributed by atoms with Crippen LogP contribution in [0.5, 0.6) is 0 Å². The number of hydrogen-bond acceptors (Lipinski definition) is 3. The number of aromatic carboxylic acids is 1. The summed E-state index contributed by atoms with van der Waals surface area (Å²) in [6.07, 6.45) is 5.16. The van der Waals surface area contributed by atoms with Gasteiger partial charge in [0.25, 0.3) is 0 Å². The predicted octanol–water partition coefficient (Wildman–Crippen LogP) is 2.21. The van der Waals surface area contributed by atoms with E-state index in [0.29, 0.717) is 0 Å².